The Morgan fingerprint density at radius 2 is 1.96 bits per heavy atom. The molecule has 7 heteroatoms. The van der Waals surface area contributed by atoms with Gasteiger partial charge in [-0.25, -0.2) is 13.1 Å². The first-order valence-corrected chi connectivity index (χ1v) is 11.1. The van der Waals surface area contributed by atoms with E-state index in [4.69, 9.17) is 4.74 Å². The summed E-state index contributed by atoms with van der Waals surface area (Å²) in [5.41, 5.74) is 0.436. The number of nitrogens with one attached hydrogen (secondary N) is 1. The monoisotopic (exact) mass is 380 g/mol. The van der Waals surface area contributed by atoms with Crippen molar-refractivity contribution in [2.45, 2.75) is 55.9 Å². The lowest BCUT2D eigenvalue weighted by molar-refractivity contribution is 0.0123. The predicted octanol–water partition coefficient (Wildman–Crippen LogP) is 2.55. The van der Waals surface area contributed by atoms with Crippen LogP contribution < -0.4 is 4.72 Å². The third-order valence-corrected chi connectivity index (χ3v) is 6.53. The van der Waals surface area contributed by atoms with Gasteiger partial charge in [-0.1, -0.05) is 6.07 Å². The average molecular weight is 381 g/mol. The van der Waals surface area contributed by atoms with Crippen LogP contribution in [0.25, 0.3) is 0 Å². The number of hydrogen-bond donors (Lipinski definition) is 1. The lowest BCUT2D eigenvalue weighted by Gasteiger charge is -2.26. The molecule has 6 nitrogen and oxygen atoms in total. The molecule has 1 unspecified atom stereocenters. The van der Waals surface area contributed by atoms with Gasteiger partial charge in [-0.3, -0.25) is 4.79 Å². The molecule has 2 saturated heterocycles. The van der Waals surface area contributed by atoms with Crippen molar-refractivity contribution < 1.29 is 17.9 Å². The van der Waals surface area contributed by atoms with Crippen molar-refractivity contribution in [2.24, 2.45) is 0 Å². The van der Waals surface area contributed by atoms with E-state index in [1.807, 2.05) is 4.90 Å². The fourth-order valence-corrected chi connectivity index (χ4v) is 4.64. The minimum Gasteiger partial charge on any atom is -0.378 e. The first kappa shape index (κ1) is 19.3. The minimum atomic E-state index is -3.62. The number of sulfonamides is 1. The number of carbonyl (C=O) groups excluding carboxylic acids is 1. The maximum atomic E-state index is 12.6. The number of benzene rings is 1. The molecule has 1 amide bonds. The number of amides is 1. The van der Waals surface area contributed by atoms with Gasteiger partial charge >= 0.3 is 0 Å². The quantitative estimate of drug-likeness (QED) is 0.823. The number of nitrogens with zero attached hydrogens (tertiary/aromatic N) is 1. The Morgan fingerprint density at radius 3 is 2.69 bits per heavy atom. The van der Waals surface area contributed by atoms with Crippen molar-refractivity contribution in [1.29, 1.82) is 0 Å². The summed E-state index contributed by atoms with van der Waals surface area (Å²) in [7, 11) is -3.62. The Kier molecular flexibility index (Phi) is 6.67. The van der Waals surface area contributed by atoms with Crippen LogP contribution in [0.4, 0.5) is 0 Å². The summed E-state index contributed by atoms with van der Waals surface area (Å²) in [6, 6.07) is 6.34. The topological polar surface area (TPSA) is 75.7 Å². The second kappa shape index (κ2) is 8.97. The van der Waals surface area contributed by atoms with Crippen LogP contribution >= 0.6 is 0 Å². The summed E-state index contributed by atoms with van der Waals surface area (Å²) in [4.78, 5) is 14.5. The van der Waals surface area contributed by atoms with Gasteiger partial charge < -0.3 is 9.64 Å². The normalized spacial score (nSPS) is 21.5. The zero-order valence-corrected chi connectivity index (χ0v) is 16.0. The van der Waals surface area contributed by atoms with Gasteiger partial charge in [0.1, 0.15) is 0 Å². The molecule has 1 aromatic rings. The number of carbonyl (C=O) groups is 1. The minimum absolute atomic E-state index is 0.0858. The van der Waals surface area contributed by atoms with Crippen LogP contribution in [0.5, 0.6) is 0 Å². The van der Waals surface area contributed by atoms with Crippen molar-refractivity contribution in [2.75, 3.05) is 26.2 Å². The highest BCUT2D eigenvalue weighted by atomic mass is 32.2. The van der Waals surface area contributed by atoms with Crippen molar-refractivity contribution in [3.63, 3.8) is 0 Å². The Bertz CT molecular complexity index is 708. The third-order valence-electron chi connectivity index (χ3n) is 5.07. The summed E-state index contributed by atoms with van der Waals surface area (Å²) in [6.07, 6.45) is 7.18. The highest BCUT2D eigenvalue weighted by Gasteiger charge is 2.21. The molecule has 0 saturated carbocycles. The highest BCUT2D eigenvalue weighted by Crippen LogP contribution is 2.18. The molecule has 144 valence electrons. The maximum absolute atomic E-state index is 12.6. The number of hydrogen-bond acceptors (Lipinski definition) is 4. The molecule has 0 bridgehead atoms. The van der Waals surface area contributed by atoms with E-state index in [9.17, 15) is 13.2 Å². The van der Waals surface area contributed by atoms with Crippen LogP contribution in [0.15, 0.2) is 29.2 Å². The smallest absolute Gasteiger partial charge is 0.253 e. The van der Waals surface area contributed by atoms with Crippen molar-refractivity contribution in [3.8, 4) is 0 Å². The molecule has 0 aliphatic carbocycles. The van der Waals surface area contributed by atoms with Gasteiger partial charge in [0.25, 0.3) is 5.91 Å². The molecule has 1 aromatic carbocycles. The fourth-order valence-electron chi connectivity index (χ4n) is 3.55. The van der Waals surface area contributed by atoms with Gasteiger partial charge in [-0.15, -0.1) is 0 Å². The summed E-state index contributed by atoms with van der Waals surface area (Å²) < 4.78 is 33.4. The standard InChI is InChI=1S/C19H28N2O4S/c22-19(21-12-3-1-4-13-21)16-7-6-9-18(15-16)26(23,24)20-11-10-17-8-2-5-14-25-17/h6-7,9,15,17,20H,1-5,8,10-14H2. The van der Waals surface area contributed by atoms with E-state index >= 15 is 0 Å². The molecular weight excluding hydrogens is 352 g/mol. The molecule has 2 fully saturated rings. The maximum Gasteiger partial charge on any atom is 0.253 e. The van der Waals surface area contributed by atoms with Gasteiger partial charge in [0, 0.05) is 31.8 Å². The van der Waals surface area contributed by atoms with E-state index in [-0.39, 0.29) is 16.9 Å². The van der Waals surface area contributed by atoms with Crippen LogP contribution in [-0.2, 0) is 14.8 Å². The number of rotatable bonds is 6. The van der Waals surface area contributed by atoms with Crippen LogP contribution in [0.1, 0.15) is 55.3 Å². The van der Waals surface area contributed by atoms with Crippen molar-refractivity contribution in [3.05, 3.63) is 29.8 Å². The predicted molar refractivity (Wildman–Crippen MR) is 99.6 cm³/mol. The van der Waals surface area contributed by atoms with Crippen LogP contribution in [0.2, 0.25) is 0 Å². The molecular formula is C19H28N2O4S. The zero-order chi connectivity index (χ0) is 18.4. The molecule has 2 aliphatic heterocycles. The van der Waals surface area contributed by atoms with E-state index in [1.165, 1.54) is 12.1 Å². The SMILES string of the molecule is O=C(c1cccc(S(=O)(=O)NCCC2CCCCO2)c1)N1CCCCC1. The van der Waals surface area contributed by atoms with E-state index in [1.54, 1.807) is 12.1 Å². The lowest BCUT2D eigenvalue weighted by Crippen LogP contribution is -2.35. The molecule has 0 spiro atoms. The molecule has 2 aliphatic rings. The molecule has 0 aromatic heterocycles. The van der Waals surface area contributed by atoms with Crippen LogP contribution in [-0.4, -0.2) is 51.6 Å². The number of ether oxygens (including phenoxy) is 1. The third kappa shape index (κ3) is 5.05. The molecule has 1 N–H and O–H groups in total. The molecule has 26 heavy (non-hydrogen) atoms. The largest absolute Gasteiger partial charge is 0.378 e. The summed E-state index contributed by atoms with van der Waals surface area (Å²) >= 11 is 0. The zero-order valence-electron chi connectivity index (χ0n) is 15.2. The Hall–Kier alpha value is -1.44. The van der Waals surface area contributed by atoms with Crippen LogP contribution in [0.3, 0.4) is 0 Å². The van der Waals surface area contributed by atoms with E-state index in [0.717, 1.165) is 58.2 Å². The summed E-state index contributed by atoms with van der Waals surface area (Å²) in [5, 5.41) is 0. The Balaban J connectivity index is 1.61. The Labute approximate surface area is 156 Å². The molecule has 2 heterocycles. The molecule has 3 rings (SSSR count). The lowest BCUT2D eigenvalue weighted by atomic mass is 10.1. The first-order valence-electron chi connectivity index (χ1n) is 9.57. The van der Waals surface area contributed by atoms with Crippen LogP contribution in [0, 0.1) is 0 Å². The molecule has 0 radical (unpaired) electrons. The van der Waals surface area contributed by atoms with Gasteiger partial charge in [0.2, 0.25) is 10.0 Å². The molecule has 1 atom stereocenters. The second-order valence-corrected chi connectivity index (χ2v) is 8.82. The van der Waals surface area contributed by atoms with Crippen molar-refractivity contribution in [1.82, 2.24) is 9.62 Å². The summed E-state index contributed by atoms with van der Waals surface area (Å²) in [6.45, 7) is 2.60. The van der Waals surface area contributed by atoms with Gasteiger partial charge in [-0.05, 0) is 63.1 Å². The van der Waals surface area contributed by atoms with Gasteiger partial charge in [-0.2, -0.15) is 0 Å². The van der Waals surface area contributed by atoms with E-state index in [0.29, 0.717) is 18.5 Å². The van der Waals surface area contributed by atoms with Crippen molar-refractivity contribution >= 4 is 15.9 Å². The highest BCUT2D eigenvalue weighted by molar-refractivity contribution is 7.89. The van der Waals surface area contributed by atoms with Gasteiger partial charge in [0.15, 0.2) is 0 Å². The van der Waals surface area contributed by atoms with E-state index in [2.05, 4.69) is 4.72 Å². The number of piperidine rings is 1. The first-order chi connectivity index (χ1) is 12.6. The number of likely N-dealkylation sites (tertiary alicyclic amines) is 1. The average Bonchev–Trinajstić information content (AvgIpc) is 2.69. The van der Waals surface area contributed by atoms with Gasteiger partial charge in [0.05, 0.1) is 11.0 Å². The second-order valence-electron chi connectivity index (χ2n) is 7.06. The Morgan fingerprint density at radius 1 is 1.15 bits per heavy atom. The summed E-state index contributed by atoms with van der Waals surface area (Å²) in [5.74, 6) is -0.0858. The fraction of sp³-hybridized carbons (Fsp3) is 0.632. The van der Waals surface area contributed by atoms with E-state index < -0.39 is 10.0 Å².